The number of ether oxygens (including phenoxy) is 3. The van der Waals surface area contributed by atoms with Crippen LogP contribution < -0.4 is 14.8 Å². The highest BCUT2D eigenvalue weighted by atomic mass is 32.1. The van der Waals surface area contributed by atoms with Crippen molar-refractivity contribution in [1.82, 2.24) is 10.2 Å². The molecule has 1 atom stereocenters. The van der Waals surface area contributed by atoms with Gasteiger partial charge in [0.05, 0.1) is 25.3 Å². The molecule has 1 aliphatic heterocycles. The number of nitrogens with zero attached hydrogens (tertiary/aromatic N) is 1. The van der Waals surface area contributed by atoms with Crippen molar-refractivity contribution in [2.24, 2.45) is 0 Å². The summed E-state index contributed by atoms with van der Waals surface area (Å²) in [6.45, 7) is 0.880. The van der Waals surface area contributed by atoms with Gasteiger partial charge in [-0.1, -0.05) is 6.07 Å². The van der Waals surface area contributed by atoms with Crippen LogP contribution in [-0.4, -0.2) is 42.4 Å². The number of alkyl halides is 2. The maximum atomic E-state index is 12.7. The lowest BCUT2D eigenvalue weighted by Crippen LogP contribution is -2.48. The summed E-state index contributed by atoms with van der Waals surface area (Å²) in [7, 11) is 1.32. The van der Waals surface area contributed by atoms with Gasteiger partial charge >= 0.3 is 12.6 Å². The maximum absolute atomic E-state index is 12.7. The second-order valence-electron chi connectivity index (χ2n) is 6.49. The number of hydrogen-bond donors (Lipinski definition) is 1. The number of carbonyl (C=O) groups is 1. The van der Waals surface area contributed by atoms with Gasteiger partial charge in [0.1, 0.15) is 0 Å². The molecular formula is C19H22F2N2O4S. The molecule has 0 radical (unpaired) electrons. The Morgan fingerprint density at radius 1 is 1.36 bits per heavy atom. The van der Waals surface area contributed by atoms with Gasteiger partial charge in [-0.05, 0) is 56.6 Å². The molecule has 0 aromatic heterocycles. The number of thiocarbonyl (C=S) groups is 1. The van der Waals surface area contributed by atoms with Crippen molar-refractivity contribution in [3.63, 3.8) is 0 Å². The number of esters is 1. The van der Waals surface area contributed by atoms with E-state index in [0.29, 0.717) is 16.2 Å². The molecule has 1 aromatic carbocycles. The zero-order valence-corrected chi connectivity index (χ0v) is 16.6. The molecule has 1 N–H and O–H groups in total. The van der Waals surface area contributed by atoms with Gasteiger partial charge in [-0.25, -0.2) is 4.79 Å². The minimum absolute atomic E-state index is 0.0705. The molecule has 3 rings (SSSR count). The highest BCUT2D eigenvalue weighted by Crippen LogP contribution is 2.40. The Labute approximate surface area is 167 Å². The van der Waals surface area contributed by atoms with Crippen LogP contribution >= 0.6 is 12.2 Å². The fourth-order valence-corrected chi connectivity index (χ4v) is 3.72. The number of methoxy groups -OCH3 is 1. The van der Waals surface area contributed by atoms with E-state index >= 15 is 0 Å². The molecule has 0 saturated heterocycles. The molecule has 1 aliphatic carbocycles. The van der Waals surface area contributed by atoms with E-state index < -0.39 is 18.6 Å². The zero-order chi connectivity index (χ0) is 20.4. The minimum atomic E-state index is -2.97. The van der Waals surface area contributed by atoms with Crippen LogP contribution in [-0.2, 0) is 9.53 Å². The van der Waals surface area contributed by atoms with Crippen LogP contribution in [0.1, 0.15) is 38.3 Å². The average molecular weight is 412 g/mol. The first kappa shape index (κ1) is 20.3. The van der Waals surface area contributed by atoms with Gasteiger partial charge in [-0.2, -0.15) is 8.78 Å². The van der Waals surface area contributed by atoms with Gasteiger partial charge in [0, 0.05) is 11.7 Å². The van der Waals surface area contributed by atoms with Crippen molar-refractivity contribution in [2.45, 2.75) is 45.4 Å². The Balaban J connectivity index is 2.03. The Morgan fingerprint density at radius 2 is 2.07 bits per heavy atom. The SMILES string of the molecule is CCOc1cc([C@H]2NC(=S)N(C3CC3)C(C)=C2C(=O)OC)ccc1OC(F)F. The zero-order valence-electron chi connectivity index (χ0n) is 15.8. The predicted molar refractivity (Wildman–Crippen MR) is 102 cm³/mol. The largest absolute Gasteiger partial charge is 0.490 e. The topological polar surface area (TPSA) is 60.0 Å². The van der Waals surface area contributed by atoms with Crippen LogP contribution in [0.3, 0.4) is 0 Å². The van der Waals surface area contributed by atoms with Gasteiger partial charge in [0.25, 0.3) is 0 Å². The molecule has 1 aromatic rings. The molecule has 0 spiro atoms. The van der Waals surface area contributed by atoms with Gasteiger partial charge < -0.3 is 24.4 Å². The highest BCUT2D eigenvalue weighted by molar-refractivity contribution is 7.80. The molecule has 0 bridgehead atoms. The Morgan fingerprint density at radius 3 is 2.64 bits per heavy atom. The monoisotopic (exact) mass is 412 g/mol. The number of allylic oxidation sites excluding steroid dienone is 1. The number of nitrogens with one attached hydrogen (secondary N) is 1. The molecule has 0 unspecified atom stereocenters. The number of benzene rings is 1. The summed E-state index contributed by atoms with van der Waals surface area (Å²) in [5.41, 5.74) is 1.78. The van der Waals surface area contributed by atoms with Crippen molar-refractivity contribution in [3.05, 3.63) is 35.0 Å². The molecule has 1 heterocycles. The van der Waals surface area contributed by atoms with Crippen LogP contribution in [0, 0.1) is 0 Å². The molecule has 152 valence electrons. The van der Waals surface area contributed by atoms with E-state index in [-0.39, 0.29) is 24.1 Å². The first-order chi connectivity index (χ1) is 13.4. The van der Waals surface area contributed by atoms with Crippen molar-refractivity contribution >= 4 is 23.3 Å². The highest BCUT2D eigenvalue weighted by Gasteiger charge is 2.40. The van der Waals surface area contributed by atoms with Crippen LogP contribution in [0.25, 0.3) is 0 Å². The Bertz CT molecular complexity index is 811. The summed E-state index contributed by atoms with van der Waals surface area (Å²) in [4.78, 5) is 14.5. The van der Waals surface area contributed by atoms with Crippen LogP contribution in [0.5, 0.6) is 11.5 Å². The van der Waals surface area contributed by atoms with Gasteiger partial charge in [-0.15, -0.1) is 0 Å². The van der Waals surface area contributed by atoms with E-state index in [1.807, 2.05) is 11.8 Å². The average Bonchev–Trinajstić information content (AvgIpc) is 3.47. The molecule has 28 heavy (non-hydrogen) atoms. The maximum Gasteiger partial charge on any atom is 0.387 e. The molecule has 0 amide bonds. The van der Waals surface area contributed by atoms with Crippen LogP contribution in [0.4, 0.5) is 8.78 Å². The van der Waals surface area contributed by atoms with Crippen molar-refractivity contribution in [2.75, 3.05) is 13.7 Å². The first-order valence-electron chi connectivity index (χ1n) is 8.97. The number of rotatable bonds is 7. The van der Waals surface area contributed by atoms with Gasteiger partial charge in [0.2, 0.25) is 0 Å². The van der Waals surface area contributed by atoms with E-state index in [9.17, 15) is 13.6 Å². The van der Waals surface area contributed by atoms with E-state index in [0.717, 1.165) is 18.5 Å². The van der Waals surface area contributed by atoms with Crippen LogP contribution in [0.2, 0.25) is 0 Å². The number of hydrogen-bond acceptors (Lipinski definition) is 5. The second kappa shape index (κ2) is 8.30. The third kappa shape index (κ3) is 4.04. The van der Waals surface area contributed by atoms with Gasteiger partial charge in [0.15, 0.2) is 16.6 Å². The standard InChI is InChI=1S/C19H22F2N2O4S/c1-4-26-14-9-11(5-8-13(14)27-18(20)21)16-15(17(24)25-3)10(2)23(12-6-7-12)19(28)22-16/h5,8-9,12,16,18H,4,6-7H2,1-3H3,(H,22,28)/t16-/m1/s1. The summed E-state index contributed by atoms with van der Waals surface area (Å²) in [5.74, 6) is -0.382. The minimum Gasteiger partial charge on any atom is -0.490 e. The fraction of sp³-hybridized carbons (Fsp3) is 0.474. The molecule has 6 nitrogen and oxygen atoms in total. The molecule has 9 heteroatoms. The molecular weight excluding hydrogens is 390 g/mol. The number of halogens is 2. The van der Waals surface area contributed by atoms with Crippen molar-refractivity contribution in [3.8, 4) is 11.5 Å². The smallest absolute Gasteiger partial charge is 0.387 e. The van der Waals surface area contributed by atoms with Crippen molar-refractivity contribution in [1.29, 1.82) is 0 Å². The summed E-state index contributed by atoms with van der Waals surface area (Å²) in [5, 5.41) is 3.70. The third-order valence-electron chi connectivity index (χ3n) is 4.66. The summed E-state index contributed by atoms with van der Waals surface area (Å²) in [6.07, 6.45) is 2.01. The van der Waals surface area contributed by atoms with E-state index in [4.69, 9.17) is 21.7 Å². The van der Waals surface area contributed by atoms with E-state index in [1.54, 1.807) is 19.1 Å². The lowest BCUT2D eigenvalue weighted by molar-refractivity contribution is -0.136. The Kier molecular flexibility index (Phi) is 6.02. The Hall–Kier alpha value is -2.42. The molecule has 1 fully saturated rings. The van der Waals surface area contributed by atoms with E-state index in [2.05, 4.69) is 10.1 Å². The second-order valence-corrected chi connectivity index (χ2v) is 6.88. The molecule has 1 saturated carbocycles. The molecule has 2 aliphatic rings. The number of carbonyl (C=O) groups excluding carboxylic acids is 1. The summed E-state index contributed by atoms with van der Waals surface area (Å²) in [6, 6.07) is 4.26. The third-order valence-corrected chi connectivity index (χ3v) is 4.98. The van der Waals surface area contributed by atoms with Crippen molar-refractivity contribution < 1.29 is 27.8 Å². The summed E-state index contributed by atoms with van der Waals surface area (Å²) < 4.78 is 40.3. The quantitative estimate of drug-likeness (QED) is 0.543. The van der Waals surface area contributed by atoms with Crippen LogP contribution in [0.15, 0.2) is 29.5 Å². The summed E-state index contributed by atoms with van der Waals surface area (Å²) >= 11 is 5.51. The first-order valence-corrected chi connectivity index (χ1v) is 9.38. The normalized spacial score (nSPS) is 19.6. The fourth-order valence-electron chi connectivity index (χ4n) is 3.32. The lowest BCUT2D eigenvalue weighted by atomic mass is 9.94. The van der Waals surface area contributed by atoms with Gasteiger partial charge in [-0.3, -0.25) is 0 Å². The lowest BCUT2D eigenvalue weighted by Gasteiger charge is -2.37. The van der Waals surface area contributed by atoms with E-state index in [1.165, 1.54) is 13.2 Å². The predicted octanol–water partition coefficient (Wildman–Crippen LogP) is 3.53.